The van der Waals surface area contributed by atoms with E-state index >= 15 is 0 Å². The molecule has 2 heterocycles. The second-order valence-corrected chi connectivity index (χ2v) is 4.67. The van der Waals surface area contributed by atoms with Crippen LogP contribution in [-0.2, 0) is 0 Å². The van der Waals surface area contributed by atoms with E-state index in [1.165, 1.54) is 0 Å². The number of allylic oxidation sites excluding steroid dienone is 1. The fourth-order valence-electron chi connectivity index (χ4n) is 2.28. The molecule has 0 bridgehead atoms. The van der Waals surface area contributed by atoms with E-state index in [1.54, 1.807) is 6.33 Å². The number of hydrogen-bond acceptors (Lipinski definition) is 5. The van der Waals surface area contributed by atoms with E-state index in [9.17, 15) is 0 Å². The zero-order valence-electron chi connectivity index (χ0n) is 9.54. The number of anilines is 1. The molecule has 0 aliphatic heterocycles. The second kappa shape index (κ2) is 4.22. The maximum Gasteiger partial charge on any atom is 0.223 e. The first-order valence-corrected chi connectivity index (χ1v) is 6.01. The van der Waals surface area contributed by atoms with Gasteiger partial charge in [0.25, 0.3) is 0 Å². The third-order valence-corrected chi connectivity index (χ3v) is 3.43. The molecule has 2 aromatic rings. The molecule has 7 heteroatoms. The van der Waals surface area contributed by atoms with Gasteiger partial charge in [-0.2, -0.15) is 9.97 Å². The van der Waals surface area contributed by atoms with Gasteiger partial charge in [-0.1, -0.05) is 17.7 Å². The Labute approximate surface area is 108 Å². The molecule has 1 aliphatic rings. The highest BCUT2D eigenvalue weighted by molar-refractivity contribution is 6.33. The van der Waals surface area contributed by atoms with Crippen LogP contribution in [0.5, 0.6) is 0 Å². The van der Waals surface area contributed by atoms with Gasteiger partial charge in [0.2, 0.25) is 5.95 Å². The first kappa shape index (κ1) is 11.4. The number of hydrogen-bond donors (Lipinski definition) is 2. The van der Waals surface area contributed by atoms with Gasteiger partial charge in [0.1, 0.15) is 5.52 Å². The quantitative estimate of drug-likeness (QED) is 0.631. The molecule has 0 saturated heterocycles. The SMILES string of the molecule is Nc1nc(Cl)c2ncn([C@@H]3CC=C(CO)C3)c2n1. The Bertz CT molecular complexity index is 636. The van der Waals surface area contributed by atoms with Crippen LogP contribution in [0.4, 0.5) is 5.95 Å². The molecule has 3 rings (SSSR count). The molecule has 1 aliphatic carbocycles. The van der Waals surface area contributed by atoms with Crippen molar-refractivity contribution in [1.29, 1.82) is 0 Å². The number of nitrogen functional groups attached to an aromatic ring is 1. The third kappa shape index (κ3) is 1.74. The molecule has 1 atom stereocenters. The summed E-state index contributed by atoms with van der Waals surface area (Å²) in [6, 6.07) is 0.211. The van der Waals surface area contributed by atoms with E-state index in [4.69, 9.17) is 22.4 Å². The molecule has 0 aromatic carbocycles. The number of nitrogens with two attached hydrogens (primary N) is 1. The van der Waals surface area contributed by atoms with Crippen molar-refractivity contribution in [3.8, 4) is 0 Å². The van der Waals surface area contributed by atoms with Gasteiger partial charge in [0, 0.05) is 6.04 Å². The maximum atomic E-state index is 9.12. The lowest BCUT2D eigenvalue weighted by atomic mass is 10.2. The molecule has 0 spiro atoms. The summed E-state index contributed by atoms with van der Waals surface area (Å²) < 4.78 is 1.94. The fraction of sp³-hybridized carbons (Fsp3) is 0.364. The van der Waals surface area contributed by atoms with Crippen LogP contribution >= 0.6 is 11.6 Å². The van der Waals surface area contributed by atoms with Crippen LogP contribution in [0.2, 0.25) is 5.15 Å². The summed E-state index contributed by atoms with van der Waals surface area (Å²) in [5.74, 6) is 0.141. The van der Waals surface area contributed by atoms with Crippen molar-refractivity contribution in [2.45, 2.75) is 18.9 Å². The van der Waals surface area contributed by atoms with Gasteiger partial charge in [-0.05, 0) is 18.4 Å². The number of aliphatic hydroxyl groups is 1. The molecule has 18 heavy (non-hydrogen) atoms. The minimum absolute atomic E-state index is 0.0982. The maximum absolute atomic E-state index is 9.12. The normalized spacial score (nSPS) is 19.4. The van der Waals surface area contributed by atoms with Crippen molar-refractivity contribution in [2.24, 2.45) is 0 Å². The average molecular weight is 266 g/mol. The van der Waals surface area contributed by atoms with Crippen LogP contribution in [0.1, 0.15) is 18.9 Å². The number of rotatable bonds is 2. The number of aromatic nitrogens is 4. The Balaban J connectivity index is 2.04. The lowest BCUT2D eigenvalue weighted by Crippen LogP contribution is -2.07. The molecule has 0 amide bonds. The van der Waals surface area contributed by atoms with Gasteiger partial charge in [-0.15, -0.1) is 0 Å². The Morgan fingerprint density at radius 1 is 1.50 bits per heavy atom. The number of fused-ring (bicyclic) bond motifs is 1. The molecular formula is C11H12ClN5O. The molecule has 0 radical (unpaired) electrons. The smallest absolute Gasteiger partial charge is 0.223 e. The van der Waals surface area contributed by atoms with Crippen molar-refractivity contribution >= 4 is 28.7 Å². The topological polar surface area (TPSA) is 89.8 Å². The largest absolute Gasteiger partial charge is 0.392 e. The summed E-state index contributed by atoms with van der Waals surface area (Å²) in [4.78, 5) is 12.3. The fourth-order valence-corrected chi connectivity index (χ4v) is 2.50. The molecule has 94 valence electrons. The Morgan fingerprint density at radius 3 is 3.06 bits per heavy atom. The van der Waals surface area contributed by atoms with E-state index in [1.807, 2.05) is 10.6 Å². The first-order chi connectivity index (χ1) is 8.69. The summed E-state index contributed by atoms with van der Waals surface area (Å²) in [5.41, 5.74) is 7.84. The predicted molar refractivity (Wildman–Crippen MR) is 68.2 cm³/mol. The molecule has 0 saturated carbocycles. The Kier molecular flexibility index (Phi) is 2.68. The van der Waals surface area contributed by atoms with Crippen LogP contribution in [0.25, 0.3) is 11.2 Å². The molecule has 0 fully saturated rings. The van der Waals surface area contributed by atoms with Crippen LogP contribution in [0.3, 0.4) is 0 Å². The summed E-state index contributed by atoms with van der Waals surface area (Å²) in [6.45, 7) is 0.0982. The number of halogens is 1. The van der Waals surface area contributed by atoms with E-state index in [2.05, 4.69) is 15.0 Å². The second-order valence-electron chi connectivity index (χ2n) is 4.31. The highest BCUT2D eigenvalue weighted by atomic mass is 35.5. The van der Waals surface area contributed by atoms with E-state index in [-0.39, 0.29) is 23.8 Å². The Hall–Kier alpha value is -1.66. The number of aliphatic hydroxyl groups excluding tert-OH is 1. The van der Waals surface area contributed by atoms with E-state index in [0.29, 0.717) is 11.2 Å². The summed E-state index contributed by atoms with van der Waals surface area (Å²) in [6.07, 6.45) is 5.39. The lowest BCUT2D eigenvalue weighted by Gasteiger charge is -2.12. The number of nitrogens with zero attached hydrogens (tertiary/aromatic N) is 4. The van der Waals surface area contributed by atoms with Gasteiger partial charge >= 0.3 is 0 Å². The van der Waals surface area contributed by atoms with E-state index in [0.717, 1.165) is 18.4 Å². The molecule has 3 N–H and O–H groups in total. The standard InChI is InChI=1S/C11H12ClN5O/c12-9-8-10(16-11(13)15-9)17(5-14-8)7-2-1-6(3-7)4-18/h1,5,7,18H,2-4H2,(H2,13,15,16)/t7-/m1/s1. The Morgan fingerprint density at radius 2 is 2.33 bits per heavy atom. The van der Waals surface area contributed by atoms with Crippen LogP contribution < -0.4 is 5.73 Å². The molecule has 2 aromatic heterocycles. The zero-order chi connectivity index (χ0) is 12.7. The minimum atomic E-state index is 0.0982. The van der Waals surface area contributed by atoms with Crippen molar-refractivity contribution < 1.29 is 5.11 Å². The lowest BCUT2D eigenvalue weighted by molar-refractivity contribution is 0.325. The summed E-state index contributed by atoms with van der Waals surface area (Å²) >= 11 is 5.98. The monoisotopic (exact) mass is 265 g/mol. The van der Waals surface area contributed by atoms with E-state index < -0.39 is 0 Å². The zero-order valence-corrected chi connectivity index (χ0v) is 10.3. The summed E-state index contributed by atoms with van der Waals surface area (Å²) in [7, 11) is 0. The molecular weight excluding hydrogens is 254 g/mol. The first-order valence-electron chi connectivity index (χ1n) is 5.63. The highest BCUT2D eigenvalue weighted by Gasteiger charge is 2.21. The highest BCUT2D eigenvalue weighted by Crippen LogP contribution is 2.32. The van der Waals surface area contributed by atoms with Gasteiger partial charge in [-0.25, -0.2) is 4.98 Å². The van der Waals surface area contributed by atoms with Crippen molar-refractivity contribution in [3.63, 3.8) is 0 Å². The molecule has 6 nitrogen and oxygen atoms in total. The minimum Gasteiger partial charge on any atom is -0.392 e. The van der Waals surface area contributed by atoms with Crippen molar-refractivity contribution in [1.82, 2.24) is 19.5 Å². The van der Waals surface area contributed by atoms with Crippen LogP contribution in [0.15, 0.2) is 18.0 Å². The third-order valence-electron chi connectivity index (χ3n) is 3.17. The summed E-state index contributed by atoms with van der Waals surface area (Å²) in [5, 5.41) is 9.39. The number of imidazole rings is 1. The van der Waals surface area contributed by atoms with Gasteiger partial charge < -0.3 is 15.4 Å². The van der Waals surface area contributed by atoms with Crippen LogP contribution in [0, 0.1) is 0 Å². The van der Waals surface area contributed by atoms with Crippen molar-refractivity contribution in [2.75, 3.05) is 12.3 Å². The van der Waals surface area contributed by atoms with Gasteiger partial charge in [0.05, 0.1) is 12.9 Å². The predicted octanol–water partition coefficient (Wildman–Crippen LogP) is 1.32. The van der Waals surface area contributed by atoms with Gasteiger partial charge in [-0.3, -0.25) is 0 Å². The molecule has 0 unspecified atom stereocenters. The van der Waals surface area contributed by atoms with Gasteiger partial charge in [0.15, 0.2) is 10.8 Å². The van der Waals surface area contributed by atoms with Crippen molar-refractivity contribution in [3.05, 3.63) is 23.1 Å². The van der Waals surface area contributed by atoms with Crippen LogP contribution in [-0.4, -0.2) is 31.2 Å². The average Bonchev–Trinajstić information content (AvgIpc) is 2.93.